The first-order chi connectivity index (χ1) is 6.68. The summed E-state index contributed by atoms with van der Waals surface area (Å²) in [6, 6.07) is 2.68. The lowest BCUT2D eigenvalue weighted by atomic mass is 10.1. The predicted molar refractivity (Wildman–Crippen MR) is 53.4 cm³/mol. The Morgan fingerprint density at radius 3 is 2.86 bits per heavy atom. The lowest BCUT2D eigenvalue weighted by Crippen LogP contribution is -1.91. The zero-order valence-electron chi connectivity index (χ0n) is 7.09. The molecular formula is C9H7ClFN3. The Kier molecular flexibility index (Phi) is 2.13. The van der Waals surface area contributed by atoms with Crippen LogP contribution in [0.3, 0.4) is 0 Å². The van der Waals surface area contributed by atoms with Gasteiger partial charge in [0.25, 0.3) is 0 Å². The quantitative estimate of drug-likeness (QED) is 0.712. The van der Waals surface area contributed by atoms with Crippen LogP contribution in [0, 0.1) is 5.82 Å². The van der Waals surface area contributed by atoms with E-state index in [2.05, 4.69) is 10.2 Å². The van der Waals surface area contributed by atoms with Crippen LogP contribution in [0.2, 0.25) is 5.02 Å². The molecule has 2 rings (SSSR count). The van der Waals surface area contributed by atoms with Crippen LogP contribution in [0.4, 0.5) is 10.1 Å². The molecule has 0 fully saturated rings. The second-order valence-corrected chi connectivity index (χ2v) is 3.25. The zero-order valence-corrected chi connectivity index (χ0v) is 7.85. The number of hydrogen-bond donors (Lipinski definition) is 2. The second-order valence-electron chi connectivity index (χ2n) is 2.84. The van der Waals surface area contributed by atoms with Gasteiger partial charge in [0.15, 0.2) is 0 Å². The lowest BCUT2D eigenvalue weighted by Gasteiger charge is -2.03. The van der Waals surface area contributed by atoms with Crippen molar-refractivity contribution >= 4 is 17.3 Å². The molecule has 72 valence electrons. The number of nitrogens with zero attached hydrogens (tertiary/aromatic N) is 1. The number of nitrogen functional groups attached to an aromatic ring is 1. The molecule has 0 saturated heterocycles. The molecule has 3 N–H and O–H groups in total. The third-order valence-corrected chi connectivity index (χ3v) is 2.21. The molecule has 1 heterocycles. The minimum atomic E-state index is -0.481. The summed E-state index contributed by atoms with van der Waals surface area (Å²) in [5, 5.41) is 6.79. The smallest absolute Gasteiger partial charge is 0.146 e. The van der Waals surface area contributed by atoms with Crippen LogP contribution in [0.25, 0.3) is 11.1 Å². The first-order valence-corrected chi connectivity index (χ1v) is 4.30. The van der Waals surface area contributed by atoms with Gasteiger partial charge in [0.1, 0.15) is 5.82 Å². The van der Waals surface area contributed by atoms with Gasteiger partial charge in [-0.15, -0.1) is 0 Å². The molecule has 1 aromatic heterocycles. The number of rotatable bonds is 1. The van der Waals surface area contributed by atoms with E-state index in [9.17, 15) is 4.39 Å². The van der Waals surface area contributed by atoms with Gasteiger partial charge in [-0.2, -0.15) is 5.10 Å². The molecule has 14 heavy (non-hydrogen) atoms. The number of halogens is 2. The number of benzene rings is 1. The standard InChI is InChI=1S/C9H7ClFN3/c10-7-2-9(12)8(11)1-6(7)5-3-13-14-4-5/h1-4H,12H2,(H,13,14). The Balaban J connectivity index is 2.60. The normalized spacial score (nSPS) is 10.4. The Hall–Kier alpha value is -1.55. The fourth-order valence-electron chi connectivity index (χ4n) is 1.18. The van der Waals surface area contributed by atoms with E-state index in [1.54, 1.807) is 12.4 Å². The third kappa shape index (κ3) is 1.44. The summed E-state index contributed by atoms with van der Waals surface area (Å²) in [5.74, 6) is -0.481. The van der Waals surface area contributed by atoms with Gasteiger partial charge in [-0.05, 0) is 12.1 Å². The molecule has 3 nitrogen and oxygen atoms in total. The summed E-state index contributed by atoms with van der Waals surface area (Å²) in [7, 11) is 0. The van der Waals surface area contributed by atoms with Crippen molar-refractivity contribution in [1.82, 2.24) is 10.2 Å². The Morgan fingerprint density at radius 2 is 2.21 bits per heavy atom. The number of nitrogens with one attached hydrogen (secondary N) is 1. The summed E-state index contributed by atoms with van der Waals surface area (Å²) in [6.45, 7) is 0. The average Bonchev–Trinajstić information content (AvgIpc) is 2.64. The van der Waals surface area contributed by atoms with Crippen LogP contribution in [-0.4, -0.2) is 10.2 Å². The minimum Gasteiger partial charge on any atom is -0.396 e. The first kappa shape index (κ1) is 9.02. The second kappa shape index (κ2) is 3.31. The Morgan fingerprint density at radius 1 is 1.43 bits per heavy atom. The number of nitrogens with two attached hydrogens (primary N) is 1. The summed E-state index contributed by atoms with van der Waals surface area (Å²) in [4.78, 5) is 0. The molecule has 1 aromatic carbocycles. The summed E-state index contributed by atoms with van der Waals surface area (Å²) >= 11 is 5.90. The lowest BCUT2D eigenvalue weighted by molar-refractivity contribution is 0.633. The van der Waals surface area contributed by atoms with Gasteiger partial charge >= 0.3 is 0 Å². The molecule has 0 atom stereocenters. The zero-order chi connectivity index (χ0) is 10.1. The van der Waals surface area contributed by atoms with E-state index in [0.29, 0.717) is 10.6 Å². The van der Waals surface area contributed by atoms with Crippen molar-refractivity contribution in [2.24, 2.45) is 0 Å². The highest BCUT2D eigenvalue weighted by Gasteiger charge is 2.08. The molecule has 5 heteroatoms. The van der Waals surface area contributed by atoms with Gasteiger partial charge in [-0.3, -0.25) is 5.10 Å². The van der Waals surface area contributed by atoms with Gasteiger partial charge in [0.05, 0.1) is 16.9 Å². The summed E-state index contributed by atoms with van der Waals surface area (Å²) in [5.41, 5.74) is 6.71. The van der Waals surface area contributed by atoms with Crippen molar-refractivity contribution in [3.63, 3.8) is 0 Å². The van der Waals surface area contributed by atoms with Crippen LogP contribution in [0.15, 0.2) is 24.5 Å². The van der Waals surface area contributed by atoms with E-state index in [1.165, 1.54) is 12.1 Å². The maximum Gasteiger partial charge on any atom is 0.146 e. The molecule has 2 aromatic rings. The molecule has 0 spiro atoms. The Bertz CT molecular complexity index is 453. The number of aromatic amines is 1. The molecule has 0 unspecified atom stereocenters. The molecule has 0 aliphatic rings. The predicted octanol–water partition coefficient (Wildman–Crippen LogP) is 2.45. The largest absolute Gasteiger partial charge is 0.396 e. The maximum atomic E-state index is 13.1. The van der Waals surface area contributed by atoms with Crippen LogP contribution in [0.5, 0.6) is 0 Å². The van der Waals surface area contributed by atoms with Gasteiger partial charge in [-0.25, -0.2) is 4.39 Å². The number of anilines is 1. The maximum absolute atomic E-state index is 13.1. The van der Waals surface area contributed by atoms with E-state index in [0.717, 1.165) is 5.56 Å². The fraction of sp³-hybridized carbons (Fsp3) is 0. The monoisotopic (exact) mass is 211 g/mol. The Labute approximate surface area is 84.7 Å². The van der Waals surface area contributed by atoms with Crippen molar-refractivity contribution in [3.05, 3.63) is 35.4 Å². The molecular weight excluding hydrogens is 205 g/mol. The van der Waals surface area contributed by atoms with Crippen molar-refractivity contribution in [1.29, 1.82) is 0 Å². The van der Waals surface area contributed by atoms with Crippen LogP contribution in [0.1, 0.15) is 0 Å². The van der Waals surface area contributed by atoms with Gasteiger partial charge < -0.3 is 5.73 Å². The van der Waals surface area contributed by atoms with Gasteiger partial charge in [-0.1, -0.05) is 11.6 Å². The highest BCUT2D eigenvalue weighted by atomic mass is 35.5. The van der Waals surface area contributed by atoms with Crippen molar-refractivity contribution in [2.45, 2.75) is 0 Å². The van der Waals surface area contributed by atoms with E-state index >= 15 is 0 Å². The molecule has 0 saturated carbocycles. The molecule has 0 aliphatic heterocycles. The third-order valence-electron chi connectivity index (χ3n) is 1.90. The van der Waals surface area contributed by atoms with Crippen LogP contribution in [-0.2, 0) is 0 Å². The fourth-order valence-corrected chi connectivity index (χ4v) is 1.46. The highest BCUT2D eigenvalue weighted by Crippen LogP contribution is 2.30. The number of hydrogen-bond acceptors (Lipinski definition) is 2. The van der Waals surface area contributed by atoms with Gasteiger partial charge in [0.2, 0.25) is 0 Å². The van der Waals surface area contributed by atoms with E-state index in [1.807, 2.05) is 0 Å². The van der Waals surface area contributed by atoms with E-state index in [-0.39, 0.29) is 5.69 Å². The van der Waals surface area contributed by atoms with E-state index < -0.39 is 5.82 Å². The van der Waals surface area contributed by atoms with Crippen molar-refractivity contribution in [3.8, 4) is 11.1 Å². The van der Waals surface area contributed by atoms with Crippen LogP contribution >= 0.6 is 11.6 Å². The molecule has 0 aliphatic carbocycles. The SMILES string of the molecule is Nc1cc(Cl)c(-c2cn[nH]c2)cc1F. The molecule has 0 amide bonds. The van der Waals surface area contributed by atoms with Gasteiger partial charge in [0, 0.05) is 17.3 Å². The molecule has 0 bridgehead atoms. The number of aromatic nitrogens is 2. The minimum absolute atomic E-state index is 0.0437. The summed E-state index contributed by atoms with van der Waals surface area (Å²) < 4.78 is 13.1. The van der Waals surface area contributed by atoms with E-state index in [4.69, 9.17) is 17.3 Å². The topological polar surface area (TPSA) is 54.7 Å². The number of H-pyrrole nitrogens is 1. The highest BCUT2D eigenvalue weighted by molar-refractivity contribution is 6.33. The molecule has 0 radical (unpaired) electrons. The van der Waals surface area contributed by atoms with Crippen molar-refractivity contribution in [2.75, 3.05) is 5.73 Å². The average molecular weight is 212 g/mol. The first-order valence-electron chi connectivity index (χ1n) is 3.92. The van der Waals surface area contributed by atoms with Crippen LogP contribution < -0.4 is 5.73 Å². The summed E-state index contributed by atoms with van der Waals surface area (Å²) in [6.07, 6.45) is 3.20. The van der Waals surface area contributed by atoms with Crippen molar-refractivity contribution < 1.29 is 4.39 Å².